The minimum atomic E-state index is -0.0135. The SMILES string of the molecule is Cc1cc(C(=O)NCC2CCCN2)c2ccccc2n1. The zero-order chi connectivity index (χ0) is 13.9. The first kappa shape index (κ1) is 13.1. The van der Waals surface area contributed by atoms with E-state index in [1.165, 1.54) is 6.42 Å². The van der Waals surface area contributed by atoms with E-state index in [1.54, 1.807) is 0 Å². The summed E-state index contributed by atoms with van der Waals surface area (Å²) >= 11 is 0. The van der Waals surface area contributed by atoms with E-state index < -0.39 is 0 Å². The number of aromatic nitrogens is 1. The number of benzene rings is 1. The minimum Gasteiger partial charge on any atom is -0.350 e. The lowest BCUT2D eigenvalue weighted by molar-refractivity contribution is 0.0952. The number of pyridine rings is 1. The smallest absolute Gasteiger partial charge is 0.252 e. The molecule has 2 heterocycles. The summed E-state index contributed by atoms with van der Waals surface area (Å²) in [5, 5.41) is 7.33. The van der Waals surface area contributed by atoms with Gasteiger partial charge in [-0.05, 0) is 38.4 Å². The molecule has 1 atom stereocenters. The normalized spacial score (nSPS) is 18.4. The molecule has 4 heteroatoms. The molecule has 1 aromatic carbocycles. The Morgan fingerprint density at radius 3 is 3.10 bits per heavy atom. The number of nitrogens with one attached hydrogen (secondary N) is 2. The first-order valence-corrected chi connectivity index (χ1v) is 7.12. The van der Waals surface area contributed by atoms with Crippen molar-refractivity contribution in [1.29, 1.82) is 0 Å². The van der Waals surface area contributed by atoms with Gasteiger partial charge >= 0.3 is 0 Å². The third-order valence-corrected chi connectivity index (χ3v) is 3.76. The summed E-state index contributed by atoms with van der Waals surface area (Å²) in [4.78, 5) is 16.9. The summed E-state index contributed by atoms with van der Waals surface area (Å²) in [6.45, 7) is 3.66. The maximum absolute atomic E-state index is 12.4. The monoisotopic (exact) mass is 269 g/mol. The lowest BCUT2D eigenvalue weighted by Crippen LogP contribution is -2.37. The Morgan fingerprint density at radius 2 is 2.30 bits per heavy atom. The van der Waals surface area contributed by atoms with Crippen molar-refractivity contribution in [2.45, 2.75) is 25.8 Å². The van der Waals surface area contributed by atoms with Crippen LogP contribution in [0.5, 0.6) is 0 Å². The second-order valence-corrected chi connectivity index (χ2v) is 5.33. The molecule has 0 saturated carbocycles. The van der Waals surface area contributed by atoms with Crippen LogP contribution in [0.2, 0.25) is 0 Å². The molecule has 3 rings (SSSR count). The van der Waals surface area contributed by atoms with Crippen LogP contribution in [0.1, 0.15) is 28.9 Å². The second-order valence-electron chi connectivity index (χ2n) is 5.33. The van der Waals surface area contributed by atoms with E-state index in [0.29, 0.717) is 18.2 Å². The van der Waals surface area contributed by atoms with Gasteiger partial charge < -0.3 is 10.6 Å². The summed E-state index contributed by atoms with van der Waals surface area (Å²) in [6, 6.07) is 10.0. The average molecular weight is 269 g/mol. The molecule has 1 fully saturated rings. The van der Waals surface area contributed by atoms with Crippen molar-refractivity contribution < 1.29 is 4.79 Å². The average Bonchev–Trinajstić information content (AvgIpc) is 2.97. The second kappa shape index (κ2) is 5.59. The van der Waals surface area contributed by atoms with E-state index >= 15 is 0 Å². The molecule has 2 aromatic rings. The fourth-order valence-corrected chi connectivity index (χ4v) is 2.74. The van der Waals surface area contributed by atoms with Crippen molar-refractivity contribution in [2.24, 2.45) is 0 Å². The van der Waals surface area contributed by atoms with E-state index in [2.05, 4.69) is 15.6 Å². The molecule has 0 aliphatic carbocycles. The highest BCUT2D eigenvalue weighted by molar-refractivity contribution is 6.06. The molecule has 1 amide bonds. The van der Waals surface area contributed by atoms with Crippen LogP contribution >= 0.6 is 0 Å². The maximum Gasteiger partial charge on any atom is 0.252 e. The molecular weight excluding hydrogens is 250 g/mol. The van der Waals surface area contributed by atoms with Crippen LogP contribution in [-0.2, 0) is 0 Å². The van der Waals surface area contributed by atoms with Crippen molar-refractivity contribution in [3.8, 4) is 0 Å². The zero-order valence-electron chi connectivity index (χ0n) is 11.6. The van der Waals surface area contributed by atoms with Gasteiger partial charge in [0.1, 0.15) is 0 Å². The number of carbonyl (C=O) groups excluding carboxylic acids is 1. The van der Waals surface area contributed by atoms with Gasteiger partial charge in [0.25, 0.3) is 5.91 Å². The van der Waals surface area contributed by atoms with Crippen LogP contribution in [0.3, 0.4) is 0 Å². The fourth-order valence-electron chi connectivity index (χ4n) is 2.74. The number of hydrogen-bond donors (Lipinski definition) is 2. The highest BCUT2D eigenvalue weighted by Gasteiger charge is 2.16. The molecular formula is C16H19N3O. The fraction of sp³-hybridized carbons (Fsp3) is 0.375. The summed E-state index contributed by atoms with van der Waals surface area (Å²) in [6.07, 6.45) is 2.33. The van der Waals surface area contributed by atoms with E-state index in [4.69, 9.17) is 0 Å². The Morgan fingerprint density at radius 1 is 1.45 bits per heavy atom. The Balaban J connectivity index is 1.83. The van der Waals surface area contributed by atoms with Gasteiger partial charge in [-0.25, -0.2) is 0 Å². The van der Waals surface area contributed by atoms with Crippen LogP contribution in [0, 0.1) is 6.92 Å². The summed E-state index contributed by atoms with van der Waals surface area (Å²) in [5.41, 5.74) is 2.45. The topological polar surface area (TPSA) is 54.0 Å². The quantitative estimate of drug-likeness (QED) is 0.896. The first-order valence-electron chi connectivity index (χ1n) is 7.12. The summed E-state index contributed by atoms with van der Waals surface area (Å²) < 4.78 is 0. The Kier molecular flexibility index (Phi) is 3.65. The third-order valence-electron chi connectivity index (χ3n) is 3.76. The van der Waals surface area contributed by atoms with Crippen molar-refractivity contribution in [2.75, 3.05) is 13.1 Å². The Labute approximate surface area is 118 Å². The Hall–Kier alpha value is -1.94. The van der Waals surface area contributed by atoms with E-state index in [9.17, 15) is 4.79 Å². The molecule has 0 radical (unpaired) electrons. The van der Waals surface area contributed by atoms with Crippen molar-refractivity contribution in [3.63, 3.8) is 0 Å². The van der Waals surface area contributed by atoms with Gasteiger partial charge in [0.05, 0.1) is 11.1 Å². The van der Waals surface area contributed by atoms with E-state index in [0.717, 1.165) is 29.6 Å². The predicted octanol–water partition coefficient (Wildman–Crippen LogP) is 2.03. The Bertz CT molecular complexity index is 633. The number of para-hydroxylation sites is 1. The van der Waals surface area contributed by atoms with E-state index in [-0.39, 0.29) is 5.91 Å². The van der Waals surface area contributed by atoms with Gasteiger partial charge in [-0.3, -0.25) is 9.78 Å². The number of fused-ring (bicyclic) bond motifs is 1. The van der Waals surface area contributed by atoms with Crippen LogP contribution in [0.25, 0.3) is 10.9 Å². The molecule has 1 aliphatic heterocycles. The molecule has 1 saturated heterocycles. The number of carbonyl (C=O) groups is 1. The molecule has 0 bridgehead atoms. The number of amides is 1. The molecule has 4 nitrogen and oxygen atoms in total. The number of aryl methyl sites for hydroxylation is 1. The lowest BCUT2D eigenvalue weighted by Gasteiger charge is -2.13. The van der Waals surface area contributed by atoms with Gasteiger partial charge in [-0.1, -0.05) is 18.2 Å². The largest absolute Gasteiger partial charge is 0.350 e. The van der Waals surface area contributed by atoms with Crippen LogP contribution in [0.15, 0.2) is 30.3 Å². The maximum atomic E-state index is 12.4. The van der Waals surface area contributed by atoms with Gasteiger partial charge in [0.15, 0.2) is 0 Å². The lowest BCUT2D eigenvalue weighted by atomic mass is 10.1. The van der Waals surface area contributed by atoms with E-state index in [1.807, 2.05) is 37.3 Å². The zero-order valence-corrected chi connectivity index (χ0v) is 11.6. The van der Waals surface area contributed by atoms with Gasteiger partial charge in [-0.2, -0.15) is 0 Å². The molecule has 2 N–H and O–H groups in total. The van der Waals surface area contributed by atoms with Crippen molar-refractivity contribution in [3.05, 3.63) is 41.6 Å². The minimum absolute atomic E-state index is 0.0135. The highest BCUT2D eigenvalue weighted by atomic mass is 16.1. The standard InChI is InChI=1S/C16H19N3O/c1-11-9-14(13-6-2-3-7-15(13)19-11)16(20)18-10-12-5-4-8-17-12/h2-3,6-7,9,12,17H,4-5,8,10H2,1H3,(H,18,20). The molecule has 1 aliphatic rings. The van der Waals surface area contributed by atoms with Gasteiger partial charge in [0.2, 0.25) is 0 Å². The predicted molar refractivity (Wildman–Crippen MR) is 79.8 cm³/mol. The summed E-state index contributed by atoms with van der Waals surface area (Å²) in [7, 11) is 0. The van der Waals surface area contributed by atoms with Crippen LogP contribution in [0.4, 0.5) is 0 Å². The third kappa shape index (κ3) is 2.65. The first-order chi connectivity index (χ1) is 9.74. The molecule has 0 spiro atoms. The molecule has 20 heavy (non-hydrogen) atoms. The van der Waals surface area contributed by atoms with Crippen LogP contribution < -0.4 is 10.6 Å². The number of nitrogens with zero attached hydrogens (tertiary/aromatic N) is 1. The number of hydrogen-bond acceptors (Lipinski definition) is 3. The molecule has 1 aromatic heterocycles. The summed E-state index contributed by atoms with van der Waals surface area (Å²) in [5.74, 6) is -0.0135. The van der Waals surface area contributed by atoms with Crippen LogP contribution in [-0.4, -0.2) is 30.0 Å². The van der Waals surface area contributed by atoms with Crippen molar-refractivity contribution >= 4 is 16.8 Å². The van der Waals surface area contributed by atoms with Gasteiger partial charge in [-0.15, -0.1) is 0 Å². The van der Waals surface area contributed by atoms with Crippen molar-refractivity contribution in [1.82, 2.24) is 15.6 Å². The van der Waals surface area contributed by atoms with Gasteiger partial charge in [0, 0.05) is 23.7 Å². The number of rotatable bonds is 3. The molecule has 1 unspecified atom stereocenters. The molecule has 104 valence electrons. The highest BCUT2D eigenvalue weighted by Crippen LogP contribution is 2.18.